The monoisotopic (exact) mass is 231 g/mol. The van der Waals surface area contributed by atoms with Crippen LogP contribution in [0.15, 0.2) is 0 Å². The molecular weight excluding hydrogens is 206 g/mol. The second kappa shape index (κ2) is 5.07. The molecule has 1 fully saturated rings. The summed E-state index contributed by atoms with van der Waals surface area (Å²) in [7, 11) is 0. The van der Waals surface area contributed by atoms with Crippen molar-refractivity contribution in [2.24, 2.45) is 11.7 Å². The third kappa shape index (κ3) is 3.97. The van der Waals surface area contributed by atoms with Crippen molar-refractivity contribution in [3.05, 3.63) is 0 Å². The van der Waals surface area contributed by atoms with Crippen molar-refractivity contribution >= 4 is 11.8 Å². The molecule has 0 spiro atoms. The highest BCUT2D eigenvalue weighted by atomic mass is 32.2. The fourth-order valence-corrected chi connectivity index (χ4v) is 3.33. The summed E-state index contributed by atoms with van der Waals surface area (Å²) >= 11 is 1.98. The van der Waals surface area contributed by atoms with Crippen LogP contribution in [-0.4, -0.2) is 27.8 Å². The number of nitrogens with two attached hydrogens (primary N) is 1. The standard InChI is InChI=1S/C12H25NOS/c1-11(2,3)15-8-6-10-5-4-7-12(10,14)9-13/h10,14H,4-9,13H2,1-3H3. The molecule has 0 aromatic carbocycles. The lowest BCUT2D eigenvalue weighted by molar-refractivity contribution is 0.0103. The zero-order valence-electron chi connectivity index (χ0n) is 10.3. The Morgan fingerprint density at radius 3 is 2.67 bits per heavy atom. The quantitative estimate of drug-likeness (QED) is 0.781. The molecule has 3 N–H and O–H groups in total. The van der Waals surface area contributed by atoms with Gasteiger partial charge in [-0.1, -0.05) is 27.2 Å². The van der Waals surface area contributed by atoms with Gasteiger partial charge >= 0.3 is 0 Å². The SMILES string of the molecule is CC(C)(C)SCCC1CCCC1(O)CN. The largest absolute Gasteiger partial charge is 0.388 e. The Morgan fingerprint density at radius 2 is 2.13 bits per heavy atom. The van der Waals surface area contributed by atoms with Crippen molar-refractivity contribution in [3.63, 3.8) is 0 Å². The van der Waals surface area contributed by atoms with Gasteiger partial charge in [0.25, 0.3) is 0 Å². The average Bonchev–Trinajstić information content (AvgIpc) is 2.47. The molecule has 3 heteroatoms. The topological polar surface area (TPSA) is 46.2 Å². The van der Waals surface area contributed by atoms with Crippen LogP contribution in [-0.2, 0) is 0 Å². The maximum Gasteiger partial charge on any atom is 0.0797 e. The first-order valence-corrected chi connectivity index (χ1v) is 6.92. The summed E-state index contributed by atoms with van der Waals surface area (Å²) in [6.07, 6.45) is 4.29. The molecule has 0 saturated heterocycles. The molecule has 0 aromatic heterocycles. The van der Waals surface area contributed by atoms with Crippen molar-refractivity contribution in [1.29, 1.82) is 0 Å². The Hall–Kier alpha value is 0.270. The first-order valence-electron chi connectivity index (χ1n) is 5.94. The van der Waals surface area contributed by atoms with Crippen LogP contribution in [0.4, 0.5) is 0 Å². The molecule has 0 bridgehead atoms. The Kier molecular flexibility index (Phi) is 4.50. The summed E-state index contributed by atoms with van der Waals surface area (Å²) in [5.74, 6) is 1.56. The van der Waals surface area contributed by atoms with Gasteiger partial charge in [-0.15, -0.1) is 0 Å². The molecule has 0 radical (unpaired) electrons. The molecule has 1 saturated carbocycles. The van der Waals surface area contributed by atoms with E-state index in [9.17, 15) is 5.11 Å². The summed E-state index contributed by atoms with van der Waals surface area (Å²) in [5.41, 5.74) is 5.10. The Bertz CT molecular complexity index is 202. The third-order valence-corrected chi connectivity index (χ3v) is 4.58. The van der Waals surface area contributed by atoms with E-state index in [1.165, 1.54) is 0 Å². The van der Waals surface area contributed by atoms with Gasteiger partial charge in [0, 0.05) is 11.3 Å². The lowest BCUT2D eigenvalue weighted by atomic mass is 9.89. The normalized spacial score (nSPS) is 32.2. The minimum Gasteiger partial charge on any atom is -0.388 e. The Labute approximate surface area is 98.0 Å². The van der Waals surface area contributed by atoms with Crippen molar-refractivity contribution in [2.45, 2.75) is 56.8 Å². The van der Waals surface area contributed by atoms with E-state index in [1.807, 2.05) is 11.8 Å². The zero-order chi connectivity index (χ0) is 11.5. The van der Waals surface area contributed by atoms with Crippen LogP contribution < -0.4 is 5.73 Å². The van der Waals surface area contributed by atoms with E-state index in [0.717, 1.165) is 31.4 Å². The van der Waals surface area contributed by atoms with E-state index in [1.54, 1.807) is 0 Å². The van der Waals surface area contributed by atoms with Gasteiger partial charge in [0.15, 0.2) is 0 Å². The lowest BCUT2D eigenvalue weighted by Crippen LogP contribution is -2.41. The second-order valence-electron chi connectivity index (χ2n) is 5.65. The number of hydrogen-bond donors (Lipinski definition) is 2. The van der Waals surface area contributed by atoms with E-state index in [0.29, 0.717) is 17.2 Å². The van der Waals surface area contributed by atoms with Crippen LogP contribution in [0, 0.1) is 5.92 Å². The van der Waals surface area contributed by atoms with Gasteiger partial charge in [0.1, 0.15) is 0 Å². The van der Waals surface area contributed by atoms with Gasteiger partial charge in [-0.05, 0) is 30.9 Å². The molecule has 0 aromatic rings. The summed E-state index contributed by atoms with van der Waals surface area (Å²) in [6.45, 7) is 7.14. The van der Waals surface area contributed by atoms with Crippen LogP contribution in [0.5, 0.6) is 0 Å². The maximum absolute atomic E-state index is 10.3. The van der Waals surface area contributed by atoms with E-state index in [2.05, 4.69) is 20.8 Å². The number of aliphatic hydroxyl groups is 1. The van der Waals surface area contributed by atoms with Gasteiger partial charge in [0.2, 0.25) is 0 Å². The summed E-state index contributed by atoms with van der Waals surface area (Å²) < 4.78 is 0.333. The molecule has 90 valence electrons. The number of rotatable bonds is 4. The van der Waals surface area contributed by atoms with Crippen molar-refractivity contribution < 1.29 is 5.11 Å². The predicted molar refractivity (Wildman–Crippen MR) is 68.2 cm³/mol. The molecule has 0 heterocycles. The number of hydrogen-bond acceptors (Lipinski definition) is 3. The highest BCUT2D eigenvalue weighted by Crippen LogP contribution is 2.38. The zero-order valence-corrected chi connectivity index (χ0v) is 11.1. The summed E-state index contributed by atoms with van der Waals surface area (Å²) in [4.78, 5) is 0. The van der Waals surface area contributed by atoms with E-state index < -0.39 is 5.60 Å². The van der Waals surface area contributed by atoms with Crippen LogP contribution in [0.2, 0.25) is 0 Å². The summed E-state index contributed by atoms with van der Waals surface area (Å²) in [6, 6.07) is 0. The first-order chi connectivity index (χ1) is 6.87. The molecule has 0 aliphatic heterocycles. The van der Waals surface area contributed by atoms with E-state index >= 15 is 0 Å². The van der Waals surface area contributed by atoms with Crippen molar-refractivity contribution in [2.75, 3.05) is 12.3 Å². The van der Waals surface area contributed by atoms with Gasteiger partial charge < -0.3 is 10.8 Å². The molecule has 2 nitrogen and oxygen atoms in total. The van der Waals surface area contributed by atoms with Crippen LogP contribution in [0.1, 0.15) is 46.5 Å². The molecule has 1 aliphatic carbocycles. The van der Waals surface area contributed by atoms with Crippen LogP contribution in [0.3, 0.4) is 0 Å². The maximum atomic E-state index is 10.3. The minimum absolute atomic E-state index is 0.333. The minimum atomic E-state index is -0.557. The molecule has 15 heavy (non-hydrogen) atoms. The van der Waals surface area contributed by atoms with Gasteiger partial charge in [-0.2, -0.15) is 11.8 Å². The van der Waals surface area contributed by atoms with Crippen molar-refractivity contribution in [1.82, 2.24) is 0 Å². The highest BCUT2D eigenvalue weighted by molar-refractivity contribution is 8.00. The molecule has 2 unspecified atom stereocenters. The number of thioether (sulfide) groups is 1. The van der Waals surface area contributed by atoms with Gasteiger partial charge in [-0.3, -0.25) is 0 Å². The van der Waals surface area contributed by atoms with Gasteiger partial charge in [-0.25, -0.2) is 0 Å². The van der Waals surface area contributed by atoms with Crippen molar-refractivity contribution in [3.8, 4) is 0 Å². The predicted octanol–water partition coefficient (Wildman–Crippen LogP) is 2.40. The third-order valence-electron chi connectivity index (χ3n) is 3.28. The fourth-order valence-electron chi connectivity index (χ4n) is 2.32. The smallest absolute Gasteiger partial charge is 0.0797 e. The van der Waals surface area contributed by atoms with E-state index in [4.69, 9.17) is 5.73 Å². The fraction of sp³-hybridized carbons (Fsp3) is 1.00. The Balaban J connectivity index is 2.32. The molecule has 0 amide bonds. The van der Waals surface area contributed by atoms with Gasteiger partial charge in [0.05, 0.1) is 5.60 Å². The lowest BCUT2D eigenvalue weighted by Gasteiger charge is -2.29. The molecule has 1 aliphatic rings. The molecular formula is C12H25NOS. The van der Waals surface area contributed by atoms with E-state index in [-0.39, 0.29) is 0 Å². The second-order valence-corrected chi connectivity index (χ2v) is 7.57. The Morgan fingerprint density at radius 1 is 1.47 bits per heavy atom. The van der Waals surface area contributed by atoms with Crippen LogP contribution in [0.25, 0.3) is 0 Å². The highest BCUT2D eigenvalue weighted by Gasteiger charge is 2.39. The molecule has 1 rings (SSSR count). The summed E-state index contributed by atoms with van der Waals surface area (Å²) in [5, 5.41) is 10.3. The van der Waals surface area contributed by atoms with Crippen LogP contribution >= 0.6 is 11.8 Å². The average molecular weight is 231 g/mol. The molecule has 2 atom stereocenters. The first kappa shape index (κ1) is 13.3.